The van der Waals surface area contributed by atoms with Crippen LogP contribution in [0.4, 0.5) is 33.7 Å². The molecule has 404 valence electrons. The molecule has 0 radical (unpaired) electrons. The number of aromatic nitrogens is 1. The zero-order valence-corrected chi connectivity index (χ0v) is 48.9. The molecule has 1 atom stereocenters. The SMILES string of the molecule is C.CCSC(N)=NC(=S)Nc1ccc(N2CCN(C(C)C)CC2)cc1.COc1cc(OC)cc(C(=O)CBr)c1.COc1cc(OC)cc(C(=O)c2sc(Nc3ccc(N4CCN(C(C)C)CC4)cc3)nc2N)c1.P. The monoisotopic (exact) mass is 1150 g/mol. The molecule has 21 heteroatoms. The average Bonchev–Trinajstić information content (AvgIpc) is 3.77. The largest absolute Gasteiger partial charge is 0.497 e. The first kappa shape index (κ1) is 63.1. The van der Waals surface area contributed by atoms with E-state index in [0.717, 1.165) is 69.5 Å². The molecule has 7 rings (SSSR count). The topological polar surface area (TPSA) is 185 Å². The number of methoxy groups -OCH3 is 4. The third-order valence-electron chi connectivity index (χ3n) is 11.8. The van der Waals surface area contributed by atoms with Crippen LogP contribution in [-0.2, 0) is 0 Å². The van der Waals surface area contributed by atoms with Gasteiger partial charge < -0.3 is 50.8 Å². The van der Waals surface area contributed by atoms with Gasteiger partial charge in [-0.1, -0.05) is 53.4 Å². The fraction of sp³-hybridized carbons (Fsp3) is 0.415. The van der Waals surface area contributed by atoms with E-state index in [2.05, 4.69) is 108 Å². The number of rotatable bonds is 16. The molecule has 0 amide bonds. The van der Waals surface area contributed by atoms with E-state index in [-0.39, 0.29) is 34.7 Å². The van der Waals surface area contributed by atoms with Crippen molar-refractivity contribution in [2.75, 3.05) is 118 Å². The fourth-order valence-corrected chi connectivity index (χ4v) is 9.64. The van der Waals surface area contributed by atoms with Crippen LogP contribution in [0.5, 0.6) is 23.0 Å². The number of ether oxygens (including phenoxy) is 4. The molecule has 0 saturated carbocycles. The summed E-state index contributed by atoms with van der Waals surface area (Å²) in [5.41, 5.74) is 17.1. The predicted molar refractivity (Wildman–Crippen MR) is 325 cm³/mol. The molecule has 5 aromatic rings. The lowest BCUT2D eigenvalue weighted by atomic mass is 10.1. The Balaban J connectivity index is 0.000000315. The van der Waals surface area contributed by atoms with Crippen LogP contribution in [0.1, 0.15) is 67.6 Å². The first-order valence-electron chi connectivity index (χ1n) is 23.7. The van der Waals surface area contributed by atoms with Gasteiger partial charge >= 0.3 is 0 Å². The smallest absolute Gasteiger partial charge is 0.207 e. The maximum Gasteiger partial charge on any atom is 0.207 e. The number of nitrogen functional groups attached to an aromatic ring is 1. The van der Waals surface area contributed by atoms with Crippen molar-refractivity contribution in [3.05, 3.63) is 101 Å². The summed E-state index contributed by atoms with van der Waals surface area (Å²) in [5, 5.41) is 8.12. The second-order valence-electron chi connectivity index (χ2n) is 17.1. The van der Waals surface area contributed by atoms with E-state index in [0.29, 0.717) is 71.8 Å². The zero-order valence-electron chi connectivity index (χ0n) is 43.4. The third-order valence-corrected chi connectivity index (χ3v) is 14.2. The van der Waals surface area contributed by atoms with Crippen LogP contribution in [0, 0.1) is 0 Å². The second-order valence-corrected chi connectivity index (χ2v) is 20.3. The van der Waals surface area contributed by atoms with Gasteiger partial charge in [-0.15, -0.1) is 0 Å². The van der Waals surface area contributed by atoms with Crippen LogP contribution < -0.4 is 50.8 Å². The maximum atomic E-state index is 13.1. The highest BCUT2D eigenvalue weighted by atomic mass is 79.9. The van der Waals surface area contributed by atoms with Crippen LogP contribution in [0.2, 0.25) is 0 Å². The van der Waals surface area contributed by atoms with Crippen molar-refractivity contribution in [1.29, 1.82) is 0 Å². The number of amidine groups is 1. The summed E-state index contributed by atoms with van der Waals surface area (Å²) in [7, 11) is 6.19. The number of piperazine rings is 2. The Morgan fingerprint density at radius 3 is 1.54 bits per heavy atom. The number of alkyl halides is 1. The van der Waals surface area contributed by atoms with Crippen molar-refractivity contribution >= 4 is 117 Å². The molecule has 0 spiro atoms. The lowest BCUT2D eigenvalue weighted by molar-refractivity contribution is 0.102. The van der Waals surface area contributed by atoms with Crippen molar-refractivity contribution in [3.63, 3.8) is 0 Å². The number of nitrogens with one attached hydrogen (secondary N) is 2. The molecule has 2 fully saturated rings. The molecular formula is C53H76BrN10O6PS3. The van der Waals surface area contributed by atoms with Gasteiger partial charge in [0.2, 0.25) is 5.78 Å². The number of Topliss-reactive ketones (excluding diaryl/α,β-unsaturated/α-hetero) is 1. The summed E-state index contributed by atoms with van der Waals surface area (Å²) in [6, 6.07) is 28.0. The Labute approximate surface area is 464 Å². The van der Waals surface area contributed by atoms with Crippen LogP contribution in [0.15, 0.2) is 89.9 Å². The number of carbonyl (C=O) groups excluding carboxylic acids is 2. The average molecular weight is 1160 g/mol. The van der Waals surface area contributed by atoms with Crippen LogP contribution in [-0.4, -0.2) is 141 Å². The Morgan fingerprint density at radius 2 is 1.15 bits per heavy atom. The zero-order chi connectivity index (χ0) is 52.3. The lowest BCUT2D eigenvalue weighted by Crippen LogP contribution is -2.48. The highest BCUT2D eigenvalue weighted by Gasteiger charge is 2.22. The van der Waals surface area contributed by atoms with Crippen LogP contribution in [0.3, 0.4) is 0 Å². The van der Waals surface area contributed by atoms with Gasteiger partial charge in [-0.25, -0.2) is 4.98 Å². The molecule has 0 bridgehead atoms. The number of thioether (sulfide) groups is 1. The van der Waals surface area contributed by atoms with Crippen molar-refractivity contribution in [2.45, 2.75) is 54.1 Å². The van der Waals surface area contributed by atoms with Gasteiger partial charge in [0.25, 0.3) is 0 Å². The number of ketones is 2. The van der Waals surface area contributed by atoms with Crippen molar-refractivity contribution in [2.24, 2.45) is 10.7 Å². The Morgan fingerprint density at radius 1 is 0.730 bits per heavy atom. The second kappa shape index (κ2) is 31.6. The van der Waals surface area contributed by atoms with Crippen LogP contribution in [0.25, 0.3) is 0 Å². The number of anilines is 6. The number of nitrogens with zero attached hydrogens (tertiary/aromatic N) is 6. The number of nitrogens with two attached hydrogens (primary N) is 2. The van der Waals surface area contributed by atoms with E-state index in [1.54, 1.807) is 64.8 Å². The summed E-state index contributed by atoms with van der Waals surface area (Å²) in [6.45, 7) is 19.6. The minimum absolute atomic E-state index is 0. The number of halogens is 1. The Kier molecular flexibility index (Phi) is 27.0. The van der Waals surface area contributed by atoms with Gasteiger partial charge in [0.05, 0.1) is 33.8 Å². The van der Waals surface area contributed by atoms with E-state index in [1.807, 2.05) is 31.2 Å². The molecule has 3 heterocycles. The quantitative estimate of drug-likeness (QED) is 0.0182. The van der Waals surface area contributed by atoms with Gasteiger partial charge in [-0.3, -0.25) is 19.4 Å². The number of hydrogen-bond acceptors (Lipinski definition) is 16. The van der Waals surface area contributed by atoms with Crippen molar-refractivity contribution < 1.29 is 28.5 Å². The molecule has 74 heavy (non-hydrogen) atoms. The standard InChI is InChI=1S/C25H31N5O3S.C17H27N5S2.C10H11BrO3.CH4.H3P/c1-16(2)29-9-11-30(12-10-29)19-7-5-18(6-8-19)27-25-28-24(26)23(34-25)22(31)17-13-20(32-3)15-21(14-17)33-4;1-4-24-16(18)20-17(23)19-14-5-7-15(8-6-14)22-11-9-21(10-12-22)13(2)3;1-13-8-3-7(10(12)6-11)4-9(5-8)14-2;;/h5-8,13-16H,9-12,26H2,1-4H3,(H,27,28);5-8,13H,4,9-12H2,1-3H3,(H3,18,19,20,23);3-5H,6H2,1-2H3;1H4;1H3. The molecule has 6 N–H and O–H groups in total. The van der Waals surface area contributed by atoms with Crippen LogP contribution >= 0.6 is 61.1 Å². The maximum absolute atomic E-state index is 13.1. The van der Waals surface area contributed by atoms with Crippen molar-refractivity contribution in [3.8, 4) is 23.0 Å². The normalized spacial score (nSPS) is 13.8. The molecule has 16 nitrogen and oxygen atoms in total. The number of hydrogen-bond donors (Lipinski definition) is 4. The molecule has 0 aliphatic carbocycles. The third kappa shape index (κ3) is 18.9. The molecule has 4 aromatic carbocycles. The molecule has 2 aliphatic rings. The number of carbonyl (C=O) groups is 2. The van der Waals surface area contributed by atoms with Gasteiger partial charge in [-0.2, -0.15) is 14.9 Å². The number of aliphatic imine (C=N–C) groups is 1. The minimum atomic E-state index is -0.226. The van der Waals surface area contributed by atoms with E-state index in [4.69, 9.17) is 42.6 Å². The molecule has 2 aliphatic heterocycles. The molecular weight excluding hydrogens is 1080 g/mol. The minimum Gasteiger partial charge on any atom is -0.497 e. The molecule has 2 saturated heterocycles. The Hall–Kier alpha value is -5.21. The van der Waals surface area contributed by atoms with Gasteiger partial charge in [0.15, 0.2) is 21.2 Å². The summed E-state index contributed by atoms with van der Waals surface area (Å²) < 4.78 is 20.6. The highest BCUT2D eigenvalue weighted by Crippen LogP contribution is 2.33. The lowest BCUT2D eigenvalue weighted by Gasteiger charge is -2.38. The van der Waals surface area contributed by atoms with Gasteiger partial charge in [0, 0.05) is 110 Å². The predicted octanol–water partition coefficient (Wildman–Crippen LogP) is 10.2. The fourth-order valence-electron chi connectivity index (χ4n) is 7.72. The first-order chi connectivity index (χ1) is 34.6. The van der Waals surface area contributed by atoms with E-state index < -0.39 is 0 Å². The summed E-state index contributed by atoms with van der Waals surface area (Å²) >= 11 is 11.0. The summed E-state index contributed by atoms with van der Waals surface area (Å²) in [4.78, 5) is 43.2. The van der Waals surface area contributed by atoms with Gasteiger partial charge in [-0.05, 0) is 118 Å². The summed E-state index contributed by atoms with van der Waals surface area (Å²) in [6.07, 6.45) is 0. The summed E-state index contributed by atoms with van der Waals surface area (Å²) in [5.74, 6) is 3.17. The first-order valence-corrected chi connectivity index (χ1v) is 27.0. The Bertz CT molecular complexity index is 2530. The van der Waals surface area contributed by atoms with Crippen molar-refractivity contribution in [1.82, 2.24) is 14.8 Å². The number of thiocarbonyl (C=S) groups is 1. The van der Waals surface area contributed by atoms with E-state index in [1.165, 1.54) is 34.5 Å². The van der Waals surface area contributed by atoms with Gasteiger partial charge in [0.1, 0.15) is 33.7 Å². The van der Waals surface area contributed by atoms with E-state index in [9.17, 15) is 9.59 Å². The molecule has 1 unspecified atom stereocenters. The van der Waals surface area contributed by atoms with E-state index >= 15 is 0 Å². The highest BCUT2D eigenvalue weighted by molar-refractivity contribution is 9.09. The molecule has 1 aromatic heterocycles. The number of thiazole rings is 1. The number of benzene rings is 4.